The molecule has 2 aliphatic rings. The van der Waals surface area contributed by atoms with Crippen LogP contribution in [0.3, 0.4) is 0 Å². The number of fused-ring (bicyclic) bond motifs is 1. The number of thioether (sulfide) groups is 1. The standard InChI is InChI=1S/C13H11ClF2N2O3S2/c14-4-12(19)17-13-18(9-2-1-7(15)3-8(9)16)10-5-23(20,21)6-11(10)22-13/h1-3,10-11H,4-6H2/t10-,11+/m1/s1. The first-order chi connectivity index (χ1) is 10.8. The Kier molecular flexibility index (Phi) is 4.37. The average Bonchev–Trinajstić information content (AvgIpc) is 2.91. The van der Waals surface area contributed by atoms with Gasteiger partial charge in [0.05, 0.1) is 23.2 Å². The molecule has 3 rings (SSSR count). The summed E-state index contributed by atoms with van der Waals surface area (Å²) in [6.07, 6.45) is 0. The first kappa shape index (κ1) is 16.7. The van der Waals surface area contributed by atoms with Gasteiger partial charge in [-0.1, -0.05) is 11.8 Å². The average molecular weight is 381 g/mol. The second-order valence-corrected chi connectivity index (χ2v) is 8.82. The quantitative estimate of drug-likeness (QED) is 0.732. The fourth-order valence-corrected chi connectivity index (χ4v) is 6.64. The number of nitrogens with zero attached hydrogens (tertiary/aromatic N) is 2. The number of halogens is 3. The van der Waals surface area contributed by atoms with Gasteiger partial charge in [-0.25, -0.2) is 17.2 Å². The van der Waals surface area contributed by atoms with Gasteiger partial charge in [-0.3, -0.25) is 4.79 Å². The molecule has 23 heavy (non-hydrogen) atoms. The van der Waals surface area contributed by atoms with Crippen molar-refractivity contribution in [3.63, 3.8) is 0 Å². The van der Waals surface area contributed by atoms with E-state index in [9.17, 15) is 22.0 Å². The number of anilines is 1. The van der Waals surface area contributed by atoms with Crippen LogP contribution in [0.5, 0.6) is 0 Å². The van der Waals surface area contributed by atoms with E-state index in [0.29, 0.717) is 6.07 Å². The van der Waals surface area contributed by atoms with Crippen LogP contribution in [0.4, 0.5) is 14.5 Å². The number of aliphatic imine (C=N–C) groups is 1. The molecule has 0 saturated carbocycles. The summed E-state index contributed by atoms with van der Waals surface area (Å²) in [4.78, 5) is 16.7. The zero-order valence-electron chi connectivity index (χ0n) is 11.6. The molecule has 10 heteroatoms. The zero-order chi connectivity index (χ0) is 16.8. The lowest BCUT2D eigenvalue weighted by Gasteiger charge is -2.24. The third-order valence-electron chi connectivity index (χ3n) is 3.57. The predicted molar refractivity (Wildman–Crippen MR) is 85.8 cm³/mol. The fourth-order valence-electron chi connectivity index (χ4n) is 2.66. The Morgan fingerprint density at radius 3 is 2.78 bits per heavy atom. The third-order valence-corrected chi connectivity index (χ3v) is 7.01. The van der Waals surface area contributed by atoms with Crippen molar-refractivity contribution in [2.45, 2.75) is 11.3 Å². The van der Waals surface area contributed by atoms with Crippen LogP contribution >= 0.6 is 23.4 Å². The molecule has 0 aliphatic carbocycles. The smallest absolute Gasteiger partial charge is 0.262 e. The highest BCUT2D eigenvalue weighted by molar-refractivity contribution is 8.16. The molecule has 1 aromatic carbocycles. The molecule has 1 aromatic rings. The molecular formula is C13H11ClF2N2O3S2. The molecule has 0 N–H and O–H groups in total. The van der Waals surface area contributed by atoms with Gasteiger partial charge >= 0.3 is 0 Å². The van der Waals surface area contributed by atoms with Gasteiger partial charge in [0, 0.05) is 11.3 Å². The number of benzene rings is 1. The summed E-state index contributed by atoms with van der Waals surface area (Å²) in [6, 6.07) is 2.43. The molecule has 2 fully saturated rings. The predicted octanol–water partition coefficient (Wildman–Crippen LogP) is 1.81. The van der Waals surface area contributed by atoms with Crippen LogP contribution in [0.15, 0.2) is 23.2 Å². The Balaban J connectivity index is 2.06. The number of alkyl halides is 1. The number of rotatable bonds is 2. The summed E-state index contributed by atoms with van der Waals surface area (Å²) in [6.45, 7) is 0. The maximum Gasteiger partial charge on any atom is 0.262 e. The molecule has 2 heterocycles. The van der Waals surface area contributed by atoms with Gasteiger partial charge in [0.25, 0.3) is 5.91 Å². The first-order valence-electron chi connectivity index (χ1n) is 6.59. The highest BCUT2D eigenvalue weighted by Crippen LogP contribution is 2.41. The molecule has 0 spiro atoms. The highest BCUT2D eigenvalue weighted by atomic mass is 35.5. The molecule has 0 bridgehead atoms. The molecule has 2 atom stereocenters. The second-order valence-electron chi connectivity index (χ2n) is 5.19. The van der Waals surface area contributed by atoms with E-state index in [-0.39, 0.29) is 33.5 Å². The number of amidine groups is 1. The first-order valence-corrected chi connectivity index (χ1v) is 9.83. The number of amides is 1. The summed E-state index contributed by atoms with van der Waals surface area (Å²) in [5.41, 5.74) is -0.00961. The van der Waals surface area contributed by atoms with Crippen molar-refractivity contribution in [2.24, 2.45) is 4.99 Å². The Morgan fingerprint density at radius 2 is 2.13 bits per heavy atom. The number of hydrogen-bond donors (Lipinski definition) is 0. The van der Waals surface area contributed by atoms with Gasteiger partial charge in [-0.2, -0.15) is 4.99 Å². The molecule has 5 nitrogen and oxygen atoms in total. The SMILES string of the molecule is O=C(CCl)N=C1S[C@H]2CS(=O)(=O)C[C@H]2N1c1ccc(F)cc1F. The van der Waals surface area contributed by atoms with Crippen molar-refractivity contribution in [1.29, 1.82) is 0 Å². The lowest BCUT2D eigenvalue weighted by atomic mass is 10.2. The molecule has 0 unspecified atom stereocenters. The van der Waals surface area contributed by atoms with Crippen LogP contribution in [0, 0.1) is 11.6 Å². The van der Waals surface area contributed by atoms with Gasteiger partial charge in [-0.05, 0) is 12.1 Å². The molecule has 0 radical (unpaired) electrons. The van der Waals surface area contributed by atoms with E-state index >= 15 is 0 Å². The lowest BCUT2D eigenvalue weighted by molar-refractivity contribution is -0.115. The van der Waals surface area contributed by atoms with Gasteiger partial charge in [0.2, 0.25) is 0 Å². The van der Waals surface area contributed by atoms with Gasteiger partial charge < -0.3 is 4.90 Å². The molecule has 0 aromatic heterocycles. The van der Waals surface area contributed by atoms with E-state index in [1.165, 1.54) is 11.0 Å². The van der Waals surface area contributed by atoms with E-state index in [0.717, 1.165) is 17.8 Å². The minimum absolute atomic E-state index is 0.00961. The topological polar surface area (TPSA) is 66.8 Å². The van der Waals surface area contributed by atoms with Crippen molar-refractivity contribution < 1.29 is 22.0 Å². The number of hydrogen-bond acceptors (Lipinski definition) is 4. The van der Waals surface area contributed by atoms with Crippen molar-refractivity contribution >= 4 is 50.0 Å². The van der Waals surface area contributed by atoms with Crippen LogP contribution < -0.4 is 4.90 Å². The summed E-state index contributed by atoms with van der Waals surface area (Å²) < 4.78 is 50.9. The van der Waals surface area contributed by atoms with E-state index < -0.39 is 33.4 Å². The molecule has 2 aliphatic heterocycles. The van der Waals surface area contributed by atoms with E-state index in [1.807, 2.05) is 0 Å². The van der Waals surface area contributed by atoms with Crippen LogP contribution in [0.25, 0.3) is 0 Å². The van der Waals surface area contributed by atoms with E-state index in [2.05, 4.69) is 4.99 Å². The molecule has 1 amide bonds. The number of carbonyl (C=O) groups is 1. The maximum absolute atomic E-state index is 14.1. The summed E-state index contributed by atoms with van der Waals surface area (Å²) in [5.74, 6) is -2.78. The third kappa shape index (κ3) is 3.22. The van der Waals surface area contributed by atoms with Gasteiger partial charge in [0.15, 0.2) is 15.0 Å². The number of carbonyl (C=O) groups excluding carboxylic acids is 1. The van der Waals surface area contributed by atoms with Crippen LogP contribution in [0.2, 0.25) is 0 Å². The highest BCUT2D eigenvalue weighted by Gasteiger charge is 2.49. The van der Waals surface area contributed by atoms with Crippen LogP contribution in [-0.2, 0) is 14.6 Å². The molecule has 124 valence electrons. The normalized spacial score (nSPS) is 27.4. The molecule has 2 saturated heterocycles. The van der Waals surface area contributed by atoms with Crippen molar-refractivity contribution in [2.75, 3.05) is 22.3 Å². The Bertz CT molecular complexity index is 800. The van der Waals surface area contributed by atoms with Gasteiger partial charge in [-0.15, -0.1) is 11.6 Å². The Morgan fingerprint density at radius 1 is 1.39 bits per heavy atom. The van der Waals surface area contributed by atoms with Crippen molar-refractivity contribution in [3.8, 4) is 0 Å². The minimum atomic E-state index is -3.25. The van der Waals surface area contributed by atoms with Crippen LogP contribution in [0.1, 0.15) is 0 Å². The van der Waals surface area contributed by atoms with E-state index in [4.69, 9.17) is 11.6 Å². The Labute approximate surface area is 140 Å². The monoisotopic (exact) mass is 380 g/mol. The summed E-state index contributed by atoms with van der Waals surface area (Å²) in [5, 5.41) is -0.169. The minimum Gasteiger partial charge on any atom is -0.313 e. The Hall–Kier alpha value is -1.19. The fraction of sp³-hybridized carbons (Fsp3) is 0.385. The summed E-state index contributed by atoms with van der Waals surface area (Å²) >= 11 is 6.54. The molecular weight excluding hydrogens is 370 g/mol. The summed E-state index contributed by atoms with van der Waals surface area (Å²) in [7, 11) is -3.25. The zero-order valence-corrected chi connectivity index (χ0v) is 14.0. The van der Waals surface area contributed by atoms with Crippen molar-refractivity contribution in [1.82, 2.24) is 0 Å². The second kappa shape index (κ2) is 6.03. The van der Waals surface area contributed by atoms with Crippen LogP contribution in [-0.4, -0.2) is 48.2 Å². The van der Waals surface area contributed by atoms with Gasteiger partial charge in [0.1, 0.15) is 17.5 Å². The lowest BCUT2D eigenvalue weighted by Crippen LogP contribution is -2.38. The maximum atomic E-state index is 14.1. The number of sulfone groups is 1. The van der Waals surface area contributed by atoms with Crippen molar-refractivity contribution in [3.05, 3.63) is 29.8 Å². The van der Waals surface area contributed by atoms with E-state index in [1.54, 1.807) is 0 Å². The largest absolute Gasteiger partial charge is 0.313 e.